The summed E-state index contributed by atoms with van der Waals surface area (Å²) in [5.74, 6) is 1.66. The van der Waals surface area contributed by atoms with E-state index in [2.05, 4.69) is 58.0 Å². The summed E-state index contributed by atoms with van der Waals surface area (Å²) in [6, 6.07) is 18.6. The van der Waals surface area contributed by atoms with E-state index < -0.39 is 0 Å². The molecule has 114 valence electrons. The van der Waals surface area contributed by atoms with Crippen molar-refractivity contribution < 1.29 is 4.42 Å². The third kappa shape index (κ3) is 3.14. The summed E-state index contributed by atoms with van der Waals surface area (Å²) in [6.45, 7) is 0.531. The van der Waals surface area contributed by atoms with Gasteiger partial charge in [0.1, 0.15) is 5.76 Å². The van der Waals surface area contributed by atoms with Crippen LogP contribution in [-0.4, -0.2) is 16.6 Å². The van der Waals surface area contributed by atoms with Gasteiger partial charge in [-0.3, -0.25) is 10.4 Å². The molecule has 0 fully saturated rings. The fourth-order valence-corrected chi connectivity index (χ4v) is 3.24. The van der Waals surface area contributed by atoms with Gasteiger partial charge in [0, 0.05) is 5.75 Å². The summed E-state index contributed by atoms with van der Waals surface area (Å²) in [4.78, 5) is 4.47. The van der Waals surface area contributed by atoms with Crippen LogP contribution in [0.4, 0.5) is 0 Å². The number of thioether (sulfide) groups is 1. The van der Waals surface area contributed by atoms with Gasteiger partial charge < -0.3 is 4.42 Å². The first-order valence-electron chi connectivity index (χ1n) is 7.40. The van der Waals surface area contributed by atoms with Gasteiger partial charge in [-0.1, -0.05) is 48.2 Å². The Morgan fingerprint density at radius 2 is 2.00 bits per heavy atom. The molecule has 0 amide bonds. The number of hydrazone groups is 1. The lowest BCUT2D eigenvalue weighted by Crippen LogP contribution is -2.25. The van der Waals surface area contributed by atoms with Crippen LogP contribution in [0.5, 0.6) is 0 Å². The van der Waals surface area contributed by atoms with Gasteiger partial charge >= 0.3 is 0 Å². The Bertz CT molecular complexity index is 884. The van der Waals surface area contributed by atoms with E-state index in [0.29, 0.717) is 6.54 Å². The molecule has 1 aromatic heterocycles. The molecule has 0 spiro atoms. The molecule has 23 heavy (non-hydrogen) atoms. The number of hydrogen-bond acceptors (Lipinski definition) is 4. The molecule has 0 radical (unpaired) electrons. The molecule has 4 nitrogen and oxygen atoms in total. The highest BCUT2D eigenvalue weighted by atomic mass is 32.2. The molecule has 2 heterocycles. The van der Waals surface area contributed by atoms with E-state index in [1.807, 2.05) is 12.1 Å². The number of nitrogens with one attached hydrogen (secondary N) is 1. The quantitative estimate of drug-likeness (QED) is 0.792. The van der Waals surface area contributed by atoms with Crippen molar-refractivity contribution in [3.8, 4) is 0 Å². The number of amidine groups is 1. The number of fused-ring (bicyclic) bond motifs is 1. The van der Waals surface area contributed by atoms with Crippen molar-refractivity contribution >= 4 is 33.4 Å². The van der Waals surface area contributed by atoms with Crippen LogP contribution in [0.3, 0.4) is 0 Å². The molecule has 0 saturated heterocycles. The molecule has 3 aromatic rings. The molecule has 1 aliphatic heterocycles. The second-order valence-corrected chi connectivity index (χ2v) is 6.19. The number of furan rings is 1. The SMILES string of the molecule is c1coc(CN=C2NN=C(c3ccc4ccccc4c3)CS2)c1. The maximum Gasteiger partial charge on any atom is 0.177 e. The van der Waals surface area contributed by atoms with Crippen molar-refractivity contribution in [2.75, 3.05) is 5.75 Å². The van der Waals surface area contributed by atoms with Gasteiger partial charge in [0.25, 0.3) is 0 Å². The molecule has 1 aliphatic rings. The van der Waals surface area contributed by atoms with Crippen LogP contribution >= 0.6 is 11.8 Å². The van der Waals surface area contributed by atoms with Crippen LogP contribution < -0.4 is 5.43 Å². The van der Waals surface area contributed by atoms with Gasteiger partial charge in [-0.25, -0.2) is 0 Å². The van der Waals surface area contributed by atoms with Gasteiger partial charge in [0.05, 0.1) is 18.5 Å². The van der Waals surface area contributed by atoms with E-state index in [0.717, 1.165) is 28.0 Å². The molecule has 0 aliphatic carbocycles. The average Bonchev–Trinajstić information content (AvgIpc) is 3.14. The normalized spacial score (nSPS) is 16.3. The molecule has 0 atom stereocenters. The van der Waals surface area contributed by atoms with Crippen LogP contribution in [0.1, 0.15) is 11.3 Å². The Hall–Kier alpha value is -2.53. The van der Waals surface area contributed by atoms with Crippen molar-refractivity contribution in [3.63, 3.8) is 0 Å². The molecule has 0 unspecified atom stereocenters. The van der Waals surface area contributed by atoms with Crippen molar-refractivity contribution in [2.24, 2.45) is 10.1 Å². The third-order valence-corrected chi connectivity index (χ3v) is 4.58. The minimum Gasteiger partial charge on any atom is -0.467 e. The summed E-state index contributed by atoms with van der Waals surface area (Å²) in [5, 5.41) is 7.77. The zero-order valence-corrected chi connectivity index (χ0v) is 13.2. The second kappa shape index (κ2) is 6.30. The second-order valence-electron chi connectivity index (χ2n) is 5.22. The zero-order chi connectivity index (χ0) is 15.5. The first kappa shape index (κ1) is 14.1. The average molecular weight is 321 g/mol. The molecular formula is C18H15N3OS. The van der Waals surface area contributed by atoms with Crippen LogP contribution in [-0.2, 0) is 6.54 Å². The number of benzene rings is 2. The summed E-state index contributed by atoms with van der Waals surface area (Å²) in [6.07, 6.45) is 1.66. The largest absolute Gasteiger partial charge is 0.467 e. The zero-order valence-electron chi connectivity index (χ0n) is 12.4. The van der Waals surface area contributed by atoms with Crippen LogP contribution in [0.15, 0.2) is 75.4 Å². The first-order chi connectivity index (χ1) is 11.4. The smallest absolute Gasteiger partial charge is 0.177 e. The Morgan fingerprint density at radius 1 is 1.09 bits per heavy atom. The van der Waals surface area contributed by atoms with Crippen LogP contribution in [0, 0.1) is 0 Å². The summed E-state index contributed by atoms with van der Waals surface area (Å²) < 4.78 is 5.28. The minimum absolute atomic E-state index is 0.531. The summed E-state index contributed by atoms with van der Waals surface area (Å²) >= 11 is 1.66. The van der Waals surface area contributed by atoms with E-state index in [9.17, 15) is 0 Å². The fraction of sp³-hybridized carbons (Fsp3) is 0.111. The van der Waals surface area contributed by atoms with Crippen molar-refractivity contribution in [1.82, 2.24) is 5.43 Å². The maximum atomic E-state index is 5.28. The molecule has 1 N–H and O–H groups in total. The van der Waals surface area contributed by atoms with Crippen molar-refractivity contribution in [2.45, 2.75) is 6.54 Å². The monoisotopic (exact) mass is 321 g/mol. The van der Waals surface area contributed by atoms with Crippen molar-refractivity contribution in [3.05, 3.63) is 72.2 Å². The Labute approximate surface area is 138 Å². The lowest BCUT2D eigenvalue weighted by Gasteiger charge is -2.15. The molecule has 0 saturated carbocycles. The van der Waals surface area contributed by atoms with Gasteiger partial charge in [-0.2, -0.15) is 5.10 Å². The highest BCUT2D eigenvalue weighted by Gasteiger charge is 2.13. The molecule has 5 heteroatoms. The van der Waals surface area contributed by atoms with E-state index in [-0.39, 0.29) is 0 Å². The number of aliphatic imine (C=N–C) groups is 1. The fourth-order valence-electron chi connectivity index (χ4n) is 2.47. The first-order valence-corrected chi connectivity index (χ1v) is 8.38. The van der Waals surface area contributed by atoms with Gasteiger partial charge in [0.15, 0.2) is 5.17 Å². The topological polar surface area (TPSA) is 49.9 Å². The van der Waals surface area contributed by atoms with Gasteiger partial charge in [-0.05, 0) is 34.5 Å². The van der Waals surface area contributed by atoms with Crippen LogP contribution in [0.25, 0.3) is 10.8 Å². The number of rotatable bonds is 3. The predicted molar refractivity (Wildman–Crippen MR) is 95.9 cm³/mol. The van der Waals surface area contributed by atoms with Crippen LogP contribution in [0.2, 0.25) is 0 Å². The summed E-state index contributed by atoms with van der Waals surface area (Å²) in [5.41, 5.74) is 5.22. The minimum atomic E-state index is 0.531. The number of hydrogen-bond donors (Lipinski definition) is 1. The summed E-state index contributed by atoms with van der Waals surface area (Å²) in [7, 11) is 0. The maximum absolute atomic E-state index is 5.28. The molecular weight excluding hydrogens is 306 g/mol. The van der Waals surface area contributed by atoms with Gasteiger partial charge in [-0.15, -0.1) is 0 Å². The Morgan fingerprint density at radius 3 is 2.78 bits per heavy atom. The lowest BCUT2D eigenvalue weighted by atomic mass is 10.0. The molecule has 4 rings (SSSR count). The predicted octanol–water partition coefficient (Wildman–Crippen LogP) is 4.03. The van der Waals surface area contributed by atoms with E-state index in [1.54, 1.807) is 18.0 Å². The third-order valence-electron chi connectivity index (χ3n) is 3.67. The van der Waals surface area contributed by atoms with E-state index in [4.69, 9.17) is 4.42 Å². The van der Waals surface area contributed by atoms with Gasteiger partial charge in [0.2, 0.25) is 0 Å². The highest BCUT2D eigenvalue weighted by molar-refractivity contribution is 8.14. The van der Waals surface area contributed by atoms with E-state index in [1.165, 1.54) is 10.8 Å². The highest BCUT2D eigenvalue weighted by Crippen LogP contribution is 2.19. The Kier molecular flexibility index (Phi) is 3.86. The van der Waals surface area contributed by atoms with Crippen molar-refractivity contribution in [1.29, 1.82) is 0 Å². The molecule has 2 aromatic carbocycles. The Balaban J connectivity index is 1.51. The molecule has 0 bridgehead atoms. The number of nitrogens with zero attached hydrogens (tertiary/aromatic N) is 2. The van der Waals surface area contributed by atoms with E-state index >= 15 is 0 Å². The lowest BCUT2D eigenvalue weighted by molar-refractivity contribution is 0.512. The standard InChI is InChI=1S/C18H15N3OS/c1-2-5-14-10-15(8-7-13(14)4-1)17-12-23-18(21-20-17)19-11-16-6-3-9-22-16/h1-10H,11-12H2,(H,19,21).